The summed E-state index contributed by atoms with van der Waals surface area (Å²) in [6.07, 6.45) is 2.60. The Bertz CT molecular complexity index is 306. The van der Waals surface area contributed by atoms with Crippen molar-refractivity contribution in [3.63, 3.8) is 0 Å². The van der Waals surface area contributed by atoms with Gasteiger partial charge in [0.2, 0.25) is 0 Å². The van der Waals surface area contributed by atoms with Crippen molar-refractivity contribution in [2.45, 2.75) is 24.8 Å². The van der Waals surface area contributed by atoms with Crippen LogP contribution in [-0.2, 0) is 0 Å². The number of benzene rings is 1. The third-order valence-electron chi connectivity index (χ3n) is 2.88. The van der Waals surface area contributed by atoms with Crippen molar-refractivity contribution < 1.29 is 5.11 Å². The minimum absolute atomic E-state index is 0.310. The molecule has 1 fully saturated rings. The third kappa shape index (κ3) is 2.94. The molecule has 1 aromatic rings. The summed E-state index contributed by atoms with van der Waals surface area (Å²) in [4.78, 5) is 0. The maximum atomic E-state index is 9.19. The molecule has 1 aromatic carbocycles. The quantitative estimate of drug-likeness (QED) is 0.678. The van der Waals surface area contributed by atoms with Crippen molar-refractivity contribution in [2.75, 3.05) is 13.1 Å². The topological polar surface area (TPSA) is 58.3 Å². The van der Waals surface area contributed by atoms with Gasteiger partial charge in [0, 0.05) is 25.0 Å². The number of hydrogen-bond acceptors (Lipinski definition) is 3. The summed E-state index contributed by atoms with van der Waals surface area (Å²) in [5.41, 5.74) is 6.94. The van der Waals surface area contributed by atoms with Crippen LogP contribution < -0.4 is 11.1 Å². The highest BCUT2D eigenvalue weighted by Gasteiger charge is 2.21. The molecule has 1 aliphatic carbocycles. The molecule has 0 bridgehead atoms. The molecule has 3 nitrogen and oxygen atoms in total. The normalized spacial score (nSPS) is 17.7. The fourth-order valence-electron chi connectivity index (χ4n) is 1.68. The maximum Gasteiger partial charge on any atom is 0.115 e. The van der Waals surface area contributed by atoms with E-state index in [2.05, 4.69) is 5.32 Å². The van der Waals surface area contributed by atoms with Crippen molar-refractivity contribution >= 4 is 0 Å². The zero-order valence-corrected chi connectivity index (χ0v) is 8.82. The van der Waals surface area contributed by atoms with Gasteiger partial charge in [-0.3, -0.25) is 0 Å². The molecule has 0 aliphatic heterocycles. The van der Waals surface area contributed by atoms with E-state index >= 15 is 0 Å². The van der Waals surface area contributed by atoms with E-state index in [1.165, 1.54) is 18.4 Å². The second-order valence-corrected chi connectivity index (χ2v) is 4.21. The Kier molecular flexibility index (Phi) is 3.23. The molecule has 0 spiro atoms. The van der Waals surface area contributed by atoms with Crippen LogP contribution >= 0.6 is 0 Å². The van der Waals surface area contributed by atoms with E-state index in [9.17, 15) is 5.11 Å². The second kappa shape index (κ2) is 4.64. The first kappa shape index (κ1) is 10.5. The van der Waals surface area contributed by atoms with Crippen LogP contribution in [0.4, 0.5) is 0 Å². The van der Waals surface area contributed by atoms with E-state index < -0.39 is 0 Å². The average molecular weight is 206 g/mol. The fourth-order valence-corrected chi connectivity index (χ4v) is 1.68. The number of nitrogens with one attached hydrogen (secondary N) is 1. The molecule has 1 saturated carbocycles. The molecule has 0 heterocycles. The predicted octanol–water partition coefficient (Wildman–Crippen LogP) is 1.19. The Morgan fingerprint density at radius 3 is 2.53 bits per heavy atom. The van der Waals surface area contributed by atoms with E-state index in [4.69, 9.17) is 5.73 Å². The lowest BCUT2D eigenvalue weighted by Gasteiger charge is -2.15. The number of hydrogen-bond donors (Lipinski definition) is 3. The minimum Gasteiger partial charge on any atom is -0.508 e. The second-order valence-electron chi connectivity index (χ2n) is 4.21. The highest BCUT2D eigenvalue weighted by atomic mass is 16.3. The summed E-state index contributed by atoms with van der Waals surface area (Å²) in [6, 6.07) is 8.05. The van der Waals surface area contributed by atoms with Gasteiger partial charge in [0.15, 0.2) is 0 Å². The summed E-state index contributed by atoms with van der Waals surface area (Å²) >= 11 is 0. The van der Waals surface area contributed by atoms with Gasteiger partial charge >= 0.3 is 0 Å². The van der Waals surface area contributed by atoms with Gasteiger partial charge in [0.1, 0.15) is 5.75 Å². The van der Waals surface area contributed by atoms with Crippen LogP contribution in [0.2, 0.25) is 0 Å². The van der Waals surface area contributed by atoms with Crippen molar-refractivity contribution in [2.24, 2.45) is 5.73 Å². The summed E-state index contributed by atoms with van der Waals surface area (Å²) in [7, 11) is 0. The predicted molar refractivity (Wildman–Crippen MR) is 60.9 cm³/mol. The fraction of sp³-hybridized carbons (Fsp3) is 0.500. The Morgan fingerprint density at radius 1 is 1.33 bits per heavy atom. The van der Waals surface area contributed by atoms with Gasteiger partial charge in [-0.25, -0.2) is 0 Å². The van der Waals surface area contributed by atoms with Gasteiger partial charge in [-0.15, -0.1) is 0 Å². The molecule has 1 unspecified atom stereocenters. The highest BCUT2D eigenvalue weighted by molar-refractivity contribution is 5.28. The average Bonchev–Trinajstić information content (AvgIpc) is 3.05. The summed E-state index contributed by atoms with van der Waals surface area (Å²) in [5, 5.41) is 12.7. The van der Waals surface area contributed by atoms with Crippen LogP contribution in [0, 0.1) is 0 Å². The van der Waals surface area contributed by atoms with Crippen LogP contribution in [0.3, 0.4) is 0 Å². The lowest BCUT2D eigenvalue weighted by molar-refractivity contribution is 0.474. The smallest absolute Gasteiger partial charge is 0.115 e. The molecule has 2 rings (SSSR count). The summed E-state index contributed by atoms with van der Waals surface area (Å²) < 4.78 is 0. The van der Waals surface area contributed by atoms with Gasteiger partial charge in [-0.2, -0.15) is 0 Å². The summed E-state index contributed by atoms with van der Waals surface area (Å²) in [6.45, 7) is 1.58. The van der Waals surface area contributed by atoms with E-state index in [-0.39, 0.29) is 0 Å². The monoisotopic (exact) mass is 206 g/mol. The van der Waals surface area contributed by atoms with Crippen LogP contribution in [0.25, 0.3) is 0 Å². The molecular formula is C12H18N2O. The maximum absolute atomic E-state index is 9.19. The standard InChI is InChI=1S/C12H18N2O/c13-7-10(8-14-11-3-4-11)9-1-5-12(15)6-2-9/h1-2,5-6,10-11,14-15H,3-4,7-8,13H2. The zero-order valence-electron chi connectivity index (χ0n) is 8.82. The van der Waals surface area contributed by atoms with E-state index in [0.29, 0.717) is 18.2 Å². The first-order valence-electron chi connectivity index (χ1n) is 5.52. The number of aromatic hydroxyl groups is 1. The molecule has 0 aromatic heterocycles. The lowest BCUT2D eigenvalue weighted by atomic mass is 9.99. The van der Waals surface area contributed by atoms with Crippen molar-refractivity contribution in [3.05, 3.63) is 29.8 Å². The SMILES string of the molecule is NCC(CNC1CC1)c1ccc(O)cc1. The molecule has 15 heavy (non-hydrogen) atoms. The van der Waals surface area contributed by atoms with E-state index in [0.717, 1.165) is 12.6 Å². The highest BCUT2D eigenvalue weighted by Crippen LogP contribution is 2.21. The third-order valence-corrected chi connectivity index (χ3v) is 2.88. The number of nitrogens with two attached hydrogens (primary N) is 1. The Hall–Kier alpha value is -1.06. The largest absolute Gasteiger partial charge is 0.508 e. The van der Waals surface area contributed by atoms with Crippen LogP contribution in [0.1, 0.15) is 24.3 Å². The molecule has 1 atom stereocenters. The number of rotatable bonds is 5. The van der Waals surface area contributed by atoms with Gasteiger partial charge in [-0.1, -0.05) is 12.1 Å². The number of phenolic OH excluding ortho intramolecular Hbond substituents is 1. The van der Waals surface area contributed by atoms with Crippen LogP contribution in [0.15, 0.2) is 24.3 Å². The van der Waals surface area contributed by atoms with Crippen molar-refractivity contribution in [3.8, 4) is 5.75 Å². The molecule has 0 saturated heterocycles. The molecule has 82 valence electrons. The van der Waals surface area contributed by atoms with Gasteiger partial charge < -0.3 is 16.2 Å². The first-order valence-corrected chi connectivity index (χ1v) is 5.52. The van der Waals surface area contributed by atoms with E-state index in [1.807, 2.05) is 12.1 Å². The van der Waals surface area contributed by atoms with Crippen LogP contribution in [0.5, 0.6) is 5.75 Å². The molecular weight excluding hydrogens is 188 g/mol. The summed E-state index contributed by atoms with van der Waals surface area (Å²) in [5.74, 6) is 0.663. The van der Waals surface area contributed by atoms with Gasteiger partial charge in [-0.05, 0) is 30.5 Å². The van der Waals surface area contributed by atoms with Gasteiger partial charge in [0.05, 0.1) is 0 Å². The van der Waals surface area contributed by atoms with E-state index in [1.54, 1.807) is 12.1 Å². The van der Waals surface area contributed by atoms with Crippen LogP contribution in [-0.4, -0.2) is 24.2 Å². The first-order chi connectivity index (χ1) is 7.29. The zero-order chi connectivity index (χ0) is 10.7. The minimum atomic E-state index is 0.310. The molecule has 0 amide bonds. The van der Waals surface area contributed by atoms with Crippen molar-refractivity contribution in [1.29, 1.82) is 0 Å². The Balaban J connectivity index is 1.94. The van der Waals surface area contributed by atoms with Gasteiger partial charge in [0.25, 0.3) is 0 Å². The molecule has 4 N–H and O–H groups in total. The van der Waals surface area contributed by atoms with Crippen molar-refractivity contribution in [1.82, 2.24) is 5.32 Å². The Morgan fingerprint density at radius 2 is 2.00 bits per heavy atom. The Labute approximate surface area is 90.3 Å². The molecule has 3 heteroatoms. The lowest BCUT2D eigenvalue weighted by Crippen LogP contribution is -2.28. The number of phenols is 1. The molecule has 1 aliphatic rings. The molecule has 0 radical (unpaired) electrons.